The molecular weight excluding hydrogens is 374 g/mol. The molecule has 1 aromatic carbocycles. The Morgan fingerprint density at radius 2 is 1.96 bits per heavy atom. The summed E-state index contributed by atoms with van der Waals surface area (Å²) in [6, 6.07) is 6.80. The van der Waals surface area contributed by atoms with Crippen molar-refractivity contribution in [2.24, 2.45) is 0 Å². The number of hydrogen-bond donors (Lipinski definition) is 2. The van der Waals surface area contributed by atoms with E-state index >= 15 is 0 Å². The predicted octanol–water partition coefficient (Wildman–Crippen LogP) is 2.03. The summed E-state index contributed by atoms with van der Waals surface area (Å²) in [5.74, 6) is 0.000778. The zero-order valence-electron chi connectivity index (χ0n) is 14.8. The molecule has 0 aliphatic rings. The minimum atomic E-state index is -0.147. The van der Waals surface area contributed by atoms with Gasteiger partial charge in [0.25, 0.3) is 5.91 Å². The summed E-state index contributed by atoms with van der Waals surface area (Å²) < 4.78 is 5.67. The molecule has 0 saturated heterocycles. The Labute approximate surface area is 160 Å². The molecule has 0 aliphatic carbocycles. The Bertz CT molecular complexity index is 734. The standard InChI is InChI=1S/C16H21N5O3S2/c1-21(2)14(23)11-4-6-12(7-5-11)18-13(22)10-25-16-20-19-15(26-16)17-8-9-24-3/h4-7H,8-10H2,1-3H3,(H,17,19)(H,18,22). The van der Waals surface area contributed by atoms with Crippen molar-refractivity contribution in [1.82, 2.24) is 15.1 Å². The molecule has 0 fully saturated rings. The molecule has 0 atom stereocenters. The van der Waals surface area contributed by atoms with Crippen molar-refractivity contribution in [2.45, 2.75) is 4.34 Å². The number of amides is 2. The summed E-state index contributed by atoms with van der Waals surface area (Å²) in [5.41, 5.74) is 1.22. The van der Waals surface area contributed by atoms with E-state index in [2.05, 4.69) is 20.8 Å². The average Bonchev–Trinajstić information content (AvgIpc) is 3.08. The molecule has 2 rings (SSSR count). The summed E-state index contributed by atoms with van der Waals surface area (Å²) in [6.45, 7) is 1.24. The molecule has 2 amide bonds. The van der Waals surface area contributed by atoms with Crippen LogP contribution in [0.2, 0.25) is 0 Å². The first-order valence-electron chi connectivity index (χ1n) is 7.80. The smallest absolute Gasteiger partial charge is 0.253 e. The number of nitrogens with zero attached hydrogens (tertiary/aromatic N) is 3. The number of rotatable bonds is 9. The summed E-state index contributed by atoms with van der Waals surface area (Å²) in [6.07, 6.45) is 0. The van der Waals surface area contributed by atoms with Gasteiger partial charge in [-0.15, -0.1) is 10.2 Å². The maximum absolute atomic E-state index is 12.0. The number of hydrogen-bond acceptors (Lipinski definition) is 8. The first-order valence-corrected chi connectivity index (χ1v) is 9.60. The Hall–Kier alpha value is -2.17. The van der Waals surface area contributed by atoms with Crippen LogP contribution in [0.3, 0.4) is 0 Å². The molecule has 2 N–H and O–H groups in total. The zero-order valence-corrected chi connectivity index (χ0v) is 16.4. The number of ether oxygens (including phenoxy) is 1. The van der Waals surface area contributed by atoms with Gasteiger partial charge in [0.05, 0.1) is 12.4 Å². The number of methoxy groups -OCH3 is 1. The highest BCUT2D eigenvalue weighted by atomic mass is 32.2. The van der Waals surface area contributed by atoms with E-state index in [1.807, 2.05) is 0 Å². The Morgan fingerprint density at radius 3 is 2.62 bits per heavy atom. The van der Waals surface area contributed by atoms with Gasteiger partial charge in [0, 0.05) is 39.0 Å². The molecule has 0 saturated carbocycles. The maximum atomic E-state index is 12.0. The largest absolute Gasteiger partial charge is 0.383 e. The second kappa shape index (κ2) is 10.1. The number of carbonyl (C=O) groups excluding carboxylic acids is 2. The lowest BCUT2D eigenvalue weighted by Crippen LogP contribution is -2.21. The summed E-state index contributed by atoms with van der Waals surface area (Å²) in [4.78, 5) is 25.4. The number of thioether (sulfide) groups is 1. The highest BCUT2D eigenvalue weighted by molar-refractivity contribution is 8.01. The van der Waals surface area contributed by atoms with Gasteiger partial charge in [0.2, 0.25) is 11.0 Å². The number of aromatic nitrogens is 2. The molecule has 26 heavy (non-hydrogen) atoms. The molecule has 0 spiro atoms. The first-order chi connectivity index (χ1) is 12.5. The fourth-order valence-electron chi connectivity index (χ4n) is 1.88. The minimum Gasteiger partial charge on any atom is -0.383 e. The molecule has 0 aliphatic heterocycles. The molecule has 10 heteroatoms. The van der Waals surface area contributed by atoms with Crippen molar-refractivity contribution in [2.75, 3.05) is 50.7 Å². The van der Waals surface area contributed by atoms with Crippen molar-refractivity contribution < 1.29 is 14.3 Å². The highest BCUT2D eigenvalue weighted by Gasteiger charge is 2.10. The van der Waals surface area contributed by atoms with Gasteiger partial charge in [0.1, 0.15) is 0 Å². The van der Waals surface area contributed by atoms with Gasteiger partial charge in [-0.3, -0.25) is 9.59 Å². The van der Waals surface area contributed by atoms with Gasteiger partial charge >= 0.3 is 0 Å². The third kappa shape index (κ3) is 6.28. The fourth-order valence-corrected chi connectivity index (χ4v) is 3.46. The molecule has 8 nitrogen and oxygen atoms in total. The van der Waals surface area contributed by atoms with Crippen LogP contribution in [0.5, 0.6) is 0 Å². The Kier molecular flexibility index (Phi) is 7.82. The second-order valence-electron chi connectivity index (χ2n) is 5.41. The molecule has 0 unspecified atom stereocenters. The molecular formula is C16H21N5O3S2. The predicted molar refractivity (Wildman–Crippen MR) is 104 cm³/mol. The normalized spacial score (nSPS) is 10.4. The molecule has 1 heterocycles. The monoisotopic (exact) mass is 395 g/mol. The molecule has 2 aromatic rings. The van der Waals surface area contributed by atoms with Crippen LogP contribution < -0.4 is 10.6 Å². The third-order valence-corrected chi connectivity index (χ3v) is 5.15. The third-order valence-electron chi connectivity index (χ3n) is 3.14. The van der Waals surface area contributed by atoms with E-state index < -0.39 is 0 Å². The van der Waals surface area contributed by atoms with Crippen molar-refractivity contribution >= 4 is 45.7 Å². The number of carbonyl (C=O) groups is 2. The van der Waals surface area contributed by atoms with Crippen LogP contribution in [0.15, 0.2) is 28.6 Å². The van der Waals surface area contributed by atoms with Crippen LogP contribution >= 0.6 is 23.1 Å². The van der Waals surface area contributed by atoms with E-state index in [0.717, 1.165) is 0 Å². The van der Waals surface area contributed by atoms with Gasteiger partial charge in [-0.2, -0.15) is 0 Å². The van der Waals surface area contributed by atoms with E-state index in [4.69, 9.17) is 4.74 Å². The van der Waals surface area contributed by atoms with E-state index in [1.54, 1.807) is 45.5 Å². The molecule has 140 valence electrons. The van der Waals surface area contributed by atoms with Crippen LogP contribution in [0, 0.1) is 0 Å². The summed E-state index contributed by atoms with van der Waals surface area (Å²) in [5, 5.41) is 14.6. The minimum absolute atomic E-state index is 0.0791. The van der Waals surface area contributed by atoms with E-state index in [0.29, 0.717) is 33.9 Å². The number of benzene rings is 1. The molecule has 0 radical (unpaired) electrons. The summed E-state index contributed by atoms with van der Waals surface area (Å²) in [7, 11) is 5.03. The lowest BCUT2D eigenvalue weighted by molar-refractivity contribution is -0.113. The quantitative estimate of drug-likeness (QED) is 0.495. The zero-order chi connectivity index (χ0) is 18.9. The van der Waals surface area contributed by atoms with Gasteiger partial charge < -0.3 is 20.3 Å². The van der Waals surface area contributed by atoms with Gasteiger partial charge in [-0.1, -0.05) is 23.1 Å². The lowest BCUT2D eigenvalue weighted by Gasteiger charge is -2.10. The van der Waals surface area contributed by atoms with E-state index in [9.17, 15) is 9.59 Å². The Balaban J connectivity index is 1.79. The maximum Gasteiger partial charge on any atom is 0.253 e. The van der Waals surface area contributed by atoms with Gasteiger partial charge in [-0.05, 0) is 24.3 Å². The van der Waals surface area contributed by atoms with Gasteiger partial charge in [0.15, 0.2) is 4.34 Å². The van der Waals surface area contributed by atoms with E-state index in [1.165, 1.54) is 28.0 Å². The van der Waals surface area contributed by atoms with E-state index in [-0.39, 0.29) is 17.6 Å². The highest BCUT2D eigenvalue weighted by Crippen LogP contribution is 2.25. The molecule has 0 bridgehead atoms. The topological polar surface area (TPSA) is 96.5 Å². The van der Waals surface area contributed by atoms with Crippen LogP contribution in [-0.2, 0) is 9.53 Å². The first kappa shape index (κ1) is 20.1. The number of anilines is 2. The SMILES string of the molecule is COCCNc1nnc(SCC(=O)Nc2ccc(C(=O)N(C)C)cc2)s1. The van der Waals surface area contributed by atoms with Crippen LogP contribution in [0.4, 0.5) is 10.8 Å². The summed E-state index contributed by atoms with van der Waals surface area (Å²) >= 11 is 2.71. The molecule has 1 aromatic heterocycles. The van der Waals surface area contributed by atoms with Crippen LogP contribution in [0.1, 0.15) is 10.4 Å². The number of nitrogens with one attached hydrogen (secondary N) is 2. The van der Waals surface area contributed by atoms with Crippen LogP contribution in [0.25, 0.3) is 0 Å². The van der Waals surface area contributed by atoms with Crippen molar-refractivity contribution in [1.29, 1.82) is 0 Å². The Morgan fingerprint density at radius 1 is 1.23 bits per heavy atom. The lowest BCUT2D eigenvalue weighted by atomic mass is 10.2. The van der Waals surface area contributed by atoms with Crippen LogP contribution in [-0.4, -0.2) is 67.0 Å². The second-order valence-corrected chi connectivity index (χ2v) is 7.61. The van der Waals surface area contributed by atoms with Crippen molar-refractivity contribution in [3.05, 3.63) is 29.8 Å². The van der Waals surface area contributed by atoms with Crippen molar-refractivity contribution in [3.8, 4) is 0 Å². The van der Waals surface area contributed by atoms with Gasteiger partial charge in [-0.25, -0.2) is 0 Å². The van der Waals surface area contributed by atoms with Crippen molar-refractivity contribution in [3.63, 3.8) is 0 Å². The fraction of sp³-hybridized carbons (Fsp3) is 0.375. The average molecular weight is 396 g/mol.